The minimum Gasteiger partial charge on any atom is -0.316 e. The van der Waals surface area contributed by atoms with E-state index in [1.807, 2.05) is 0 Å². The van der Waals surface area contributed by atoms with Crippen LogP contribution in [0.15, 0.2) is 18.2 Å². The average Bonchev–Trinajstić information content (AvgIpc) is 2.81. The molecule has 0 radical (unpaired) electrons. The third-order valence-corrected chi connectivity index (χ3v) is 4.14. The van der Waals surface area contributed by atoms with Gasteiger partial charge in [0.25, 0.3) is 0 Å². The molecule has 0 aromatic heterocycles. The van der Waals surface area contributed by atoms with Crippen molar-refractivity contribution >= 4 is 0 Å². The van der Waals surface area contributed by atoms with Gasteiger partial charge in [-0.2, -0.15) is 0 Å². The molecule has 0 aliphatic heterocycles. The van der Waals surface area contributed by atoms with Crippen LogP contribution < -0.4 is 5.32 Å². The molecule has 1 N–H and O–H groups in total. The van der Waals surface area contributed by atoms with Gasteiger partial charge < -0.3 is 5.32 Å². The van der Waals surface area contributed by atoms with Gasteiger partial charge in [-0.1, -0.05) is 26.8 Å². The molecule has 2 unspecified atom stereocenters. The van der Waals surface area contributed by atoms with Crippen molar-refractivity contribution in [2.24, 2.45) is 11.3 Å². The first-order valence-corrected chi connectivity index (χ1v) is 6.64. The summed E-state index contributed by atoms with van der Waals surface area (Å²) < 4.78 is 26.7. The van der Waals surface area contributed by atoms with E-state index in [1.54, 1.807) is 6.07 Å². The Labute approximate surface area is 108 Å². The van der Waals surface area contributed by atoms with E-state index in [1.165, 1.54) is 6.07 Å². The van der Waals surface area contributed by atoms with Gasteiger partial charge in [-0.05, 0) is 48.4 Å². The summed E-state index contributed by atoms with van der Waals surface area (Å²) in [5.41, 5.74) is 0.754. The zero-order valence-electron chi connectivity index (χ0n) is 11.3. The second kappa shape index (κ2) is 4.96. The minimum absolute atomic E-state index is 0.0966. The number of halogens is 2. The largest absolute Gasteiger partial charge is 0.316 e. The molecule has 1 aromatic carbocycles. The highest BCUT2D eigenvalue weighted by Gasteiger charge is 2.58. The molecule has 3 heteroatoms. The lowest BCUT2D eigenvalue weighted by atomic mass is 10.0. The van der Waals surface area contributed by atoms with Crippen molar-refractivity contribution < 1.29 is 8.78 Å². The van der Waals surface area contributed by atoms with E-state index in [2.05, 4.69) is 26.1 Å². The second-order valence-electron chi connectivity index (χ2n) is 5.78. The highest BCUT2D eigenvalue weighted by atomic mass is 19.1. The van der Waals surface area contributed by atoms with Crippen LogP contribution in [0.3, 0.4) is 0 Å². The standard InChI is InChI=1S/C15H21F2N/c1-4-7-18-9-12-14(15(12,2)3)11-6-5-10(16)8-13(11)17/h5-6,8,12,14,18H,4,7,9H2,1-3H3. The van der Waals surface area contributed by atoms with E-state index in [-0.39, 0.29) is 11.3 Å². The Morgan fingerprint density at radius 2 is 2.00 bits per heavy atom. The predicted molar refractivity (Wildman–Crippen MR) is 69.5 cm³/mol. The quantitative estimate of drug-likeness (QED) is 0.789. The summed E-state index contributed by atoms with van der Waals surface area (Å²) in [5.74, 6) is -0.284. The van der Waals surface area contributed by atoms with E-state index in [4.69, 9.17) is 0 Å². The summed E-state index contributed by atoms with van der Waals surface area (Å²) in [4.78, 5) is 0. The molecule has 1 aliphatic carbocycles. The van der Waals surface area contributed by atoms with Gasteiger partial charge in [-0.15, -0.1) is 0 Å². The van der Waals surface area contributed by atoms with Crippen LogP contribution in [-0.2, 0) is 0 Å². The van der Waals surface area contributed by atoms with E-state index in [0.29, 0.717) is 11.5 Å². The molecule has 0 amide bonds. The van der Waals surface area contributed by atoms with Crippen molar-refractivity contribution in [1.82, 2.24) is 5.32 Å². The summed E-state index contributed by atoms with van der Waals surface area (Å²) in [6.45, 7) is 8.33. The lowest BCUT2D eigenvalue weighted by Gasteiger charge is -2.04. The van der Waals surface area contributed by atoms with Crippen LogP contribution in [0.4, 0.5) is 8.78 Å². The van der Waals surface area contributed by atoms with Crippen molar-refractivity contribution in [2.45, 2.75) is 33.1 Å². The number of benzene rings is 1. The fourth-order valence-electron chi connectivity index (χ4n) is 2.93. The molecule has 2 atom stereocenters. The monoisotopic (exact) mass is 253 g/mol. The average molecular weight is 253 g/mol. The molecule has 1 fully saturated rings. The van der Waals surface area contributed by atoms with Gasteiger partial charge in [-0.3, -0.25) is 0 Å². The van der Waals surface area contributed by atoms with Gasteiger partial charge in [0.2, 0.25) is 0 Å². The molecule has 2 rings (SSSR count). The maximum absolute atomic E-state index is 13.8. The maximum Gasteiger partial charge on any atom is 0.129 e. The van der Waals surface area contributed by atoms with Crippen LogP contribution in [0, 0.1) is 23.0 Å². The van der Waals surface area contributed by atoms with Crippen LogP contribution >= 0.6 is 0 Å². The molecule has 18 heavy (non-hydrogen) atoms. The van der Waals surface area contributed by atoms with E-state index in [0.717, 1.165) is 25.6 Å². The topological polar surface area (TPSA) is 12.0 Å². The summed E-state index contributed by atoms with van der Waals surface area (Å²) >= 11 is 0. The lowest BCUT2D eigenvalue weighted by Crippen LogP contribution is -2.19. The molecule has 0 spiro atoms. The fourth-order valence-corrected chi connectivity index (χ4v) is 2.93. The van der Waals surface area contributed by atoms with Crippen molar-refractivity contribution in [3.8, 4) is 0 Å². The highest BCUT2D eigenvalue weighted by Crippen LogP contribution is 2.64. The van der Waals surface area contributed by atoms with E-state index < -0.39 is 11.6 Å². The van der Waals surface area contributed by atoms with Gasteiger partial charge in [0.1, 0.15) is 11.6 Å². The summed E-state index contributed by atoms with van der Waals surface area (Å²) in [7, 11) is 0. The van der Waals surface area contributed by atoms with Crippen molar-refractivity contribution in [1.29, 1.82) is 0 Å². The molecule has 1 aliphatic rings. The van der Waals surface area contributed by atoms with E-state index in [9.17, 15) is 8.78 Å². The number of hydrogen-bond donors (Lipinski definition) is 1. The Balaban J connectivity index is 2.09. The lowest BCUT2D eigenvalue weighted by molar-refractivity contribution is 0.516. The van der Waals surface area contributed by atoms with Crippen molar-refractivity contribution in [2.75, 3.05) is 13.1 Å². The number of hydrogen-bond acceptors (Lipinski definition) is 1. The Morgan fingerprint density at radius 3 is 2.61 bits per heavy atom. The first-order valence-electron chi connectivity index (χ1n) is 6.64. The predicted octanol–water partition coefficient (Wildman–Crippen LogP) is 3.70. The van der Waals surface area contributed by atoms with Crippen LogP contribution in [0.25, 0.3) is 0 Å². The minimum atomic E-state index is -0.504. The summed E-state index contributed by atoms with van der Waals surface area (Å²) in [5, 5.41) is 3.39. The third-order valence-electron chi connectivity index (χ3n) is 4.14. The van der Waals surface area contributed by atoms with Crippen LogP contribution in [-0.4, -0.2) is 13.1 Å². The van der Waals surface area contributed by atoms with Crippen molar-refractivity contribution in [3.63, 3.8) is 0 Å². The second-order valence-corrected chi connectivity index (χ2v) is 5.78. The van der Waals surface area contributed by atoms with Gasteiger partial charge in [0.15, 0.2) is 0 Å². The zero-order valence-corrected chi connectivity index (χ0v) is 11.3. The first-order chi connectivity index (χ1) is 8.48. The van der Waals surface area contributed by atoms with Crippen LogP contribution in [0.1, 0.15) is 38.7 Å². The maximum atomic E-state index is 13.8. The highest BCUT2D eigenvalue weighted by molar-refractivity contribution is 5.33. The molecule has 1 aromatic rings. The van der Waals surface area contributed by atoms with E-state index >= 15 is 0 Å². The Bertz CT molecular complexity index is 429. The van der Waals surface area contributed by atoms with Gasteiger partial charge >= 0.3 is 0 Å². The SMILES string of the molecule is CCCNCC1C(c2ccc(F)cc2F)C1(C)C. The van der Waals surface area contributed by atoms with Gasteiger partial charge in [-0.25, -0.2) is 8.78 Å². The zero-order chi connectivity index (χ0) is 13.3. The number of nitrogens with one attached hydrogen (secondary N) is 1. The Kier molecular flexibility index (Phi) is 3.71. The molecular formula is C15H21F2N. The molecule has 100 valence electrons. The molecule has 1 saturated carbocycles. The number of rotatable bonds is 5. The molecule has 0 heterocycles. The third kappa shape index (κ3) is 2.41. The van der Waals surface area contributed by atoms with Crippen molar-refractivity contribution in [3.05, 3.63) is 35.4 Å². The Hall–Kier alpha value is -0.960. The normalized spacial score (nSPS) is 25.2. The first kappa shape index (κ1) is 13.5. The summed E-state index contributed by atoms with van der Waals surface area (Å²) in [6, 6.07) is 3.93. The molecule has 1 nitrogen and oxygen atoms in total. The van der Waals surface area contributed by atoms with Gasteiger partial charge in [0, 0.05) is 6.07 Å². The Morgan fingerprint density at radius 1 is 1.28 bits per heavy atom. The summed E-state index contributed by atoms with van der Waals surface area (Å²) in [6.07, 6.45) is 1.10. The molecule has 0 saturated heterocycles. The van der Waals surface area contributed by atoms with Crippen LogP contribution in [0.2, 0.25) is 0 Å². The molecule has 0 bridgehead atoms. The fraction of sp³-hybridized carbons (Fsp3) is 0.600. The molecular weight excluding hydrogens is 232 g/mol. The smallest absolute Gasteiger partial charge is 0.129 e. The van der Waals surface area contributed by atoms with Crippen LogP contribution in [0.5, 0.6) is 0 Å². The van der Waals surface area contributed by atoms with Gasteiger partial charge in [0.05, 0.1) is 0 Å².